The van der Waals surface area contributed by atoms with E-state index < -0.39 is 44.9 Å². The Balaban J connectivity index is 2.49. The summed E-state index contributed by atoms with van der Waals surface area (Å²) in [5.74, 6) is -0.676. The lowest BCUT2D eigenvalue weighted by molar-refractivity contribution is -0.127. The fourth-order valence-electron chi connectivity index (χ4n) is 1.52. The van der Waals surface area contributed by atoms with Gasteiger partial charge in [-0.3, -0.25) is 14.1 Å². The van der Waals surface area contributed by atoms with Gasteiger partial charge in [0.1, 0.15) is 18.3 Å². The molecule has 4 atom stereocenters. The van der Waals surface area contributed by atoms with Crippen molar-refractivity contribution in [2.75, 3.05) is 13.2 Å². The molecule has 116 valence electrons. The average molecular weight is 314 g/mol. The first-order valence-corrected chi connectivity index (χ1v) is 6.95. The van der Waals surface area contributed by atoms with Gasteiger partial charge in [0.2, 0.25) is 12.3 Å². The molecule has 0 bridgehead atoms. The highest BCUT2D eigenvalue weighted by Crippen LogP contribution is 2.37. The highest BCUT2D eigenvalue weighted by molar-refractivity contribution is 7.46. The van der Waals surface area contributed by atoms with Crippen LogP contribution in [0.15, 0.2) is 0 Å². The SMILES string of the molecule is O=CNCC(=O)N[C@@H]1O[C@H](COP(=O)(O)O)[C@@H](O)[C@H]1O. The van der Waals surface area contributed by atoms with E-state index in [1.54, 1.807) is 0 Å². The van der Waals surface area contributed by atoms with Gasteiger partial charge in [-0.1, -0.05) is 0 Å². The average Bonchev–Trinajstić information content (AvgIpc) is 2.61. The maximum Gasteiger partial charge on any atom is 0.469 e. The number of aliphatic hydroxyl groups excluding tert-OH is 2. The van der Waals surface area contributed by atoms with Crippen molar-refractivity contribution in [2.24, 2.45) is 0 Å². The number of carbonyl (C=O) groups is 2. The number of hydrogen-bond acceptors (Lipinski definition) is 7. The van der Waals surface area contributed by atoms with E-state index in [-0.39, 0.29) is 6.54 Å². The van der Waals surface area contributed by atoms with Crippen LogP contribution in [0, 0.1) is 0 Å². The van der Waals surface area contributed by atoms with Crippen molar-refractivity contribution in [3.05, 3.63) is 0 Å². The smallest absolute Gasteiger partial charge is 0.387 e. The third kappa shape index (κ3) is 5.13. The topological polar surface area (TPSA) is 175 Å². The zero-order valence-electron chi connectivity index (χ0n) is 10.1. The second-order valence-corrected chi connectivity index (χ2v) is 5.17. The zero-order chi connectivity index (χ0) is 15.3. The van der Waals surface area contributed by atoms with E-state index in [0.717, 1.165) is 0 Å². The van der Waals surface area contributed by atoms with Gasteiger partial charge in [-0.25, -0.2) is 4.57 Å². The van der Waals surface area contributed by atoms with E-state index in [2.05, 4.69) is 15.2 Å². The Labute approximate surface area is 113 Å². The molecule has 0 aromatic carbocycles. The standard InChI is InChI=1S/C8H15N2O9P/c11-3-9-1-5(12)10-8-7(14)6(13)4(19-8)2-18-20(15,16)17/h3-4,6-8,13-14H,1-2H2,(H,9,11)(H,10,12)(H2,15,16,17)/t4-,6-,7-,8-/m1/s1. The molecular weight excluding hydrogens is 299 g/mol. The minimum atomic E-state index is -4.74. The normalized spacial score (nSPS) is 30.0. The molecule has 0 radical (unpaired) electrons. The van der Waals surface area contributed by atoms with Gasteiger partial charge in [0.15, 0.2) is 6.23 Å². The second-order valence-electron chi connectivity index (χ2n) is 3.93. The summed E-state index contributed by atoms with van der Waals surface area (Å²) in [5.41, 5.74) is 0. The summed E-state index contributed by atoms with van der Waals surface area (Å²) in [4.78, 5) is 38.3. The monoisotopic (exact) mass is 314 g/mol. The van der Waals surface area contributed by atoms with E-state index in [9.17, 15) is 24.4 Å². The molecule has 1 rings (SSSR count). The third-order valence-electron chi connectivity index (χ3n) is 2.42. The predicted molar refractivity (Wildman–Crippen MR) is 60.9 cm³/mol. The molecule has 11 nitrogen and oxygen atoms in total. The van der Waals surface area contributed by atoms with Crippen molar-refractivity contribution >= 4 is 20.1 Å². The summed E-state index contributed by atoms with van der Waals surface area (Å²) in [6.45, 7) is -1.02. The number of hydrogen-bond donors (Lipinski definition) is 6. The summed E-state index contributed by atoms with van der Waals surface area (Å²) in [6, 6.07) is 0. The minimum absolute atomic E-state index is 0.303. The van der Waals surface area contributed by atoms with Crippen LogP contribution in [0.2, 0.25) is 0 Å². The van der Waals surface area contributed by atoms with Crippen LogP contribution in [-0.2, 0) is 23.4 Å². The lowest BCUT2D eigenvalue weighted by Gasteiger charge is -2.16. The van der Waals surface area contributed by atoms with Crippen LogP contribution in [-0.4, -0.2) is 70.0 Å². The highest BCUT2D eigenvalue weighted by atomic mass is 31.2. The van der Waals surface area contributed by atoms with E-state index in [1.807, 2.05) is 0 Å². The largest absolute Gasteiger partial charge is 0.469 e. The molecule has 1 fully saturated rings. The van der Waals surface area contributed by atoms with Crippen LogP contribution in [0.4, 0.5) is 0 Å². The predicted octanol–water partition coefficient (Wildman–Crippen LogP) is -3.60. The van der Waals surface area contributed by atoms with E-state index in [4.69, 9.17) is 14.5 Å². The molecule has 1 aliphatic heterocycles. The Morgan fingerprint density at radius 2 is 2.00 bits per heavy atom. The van der Waals surface area contributed by atoms with Crippen LogP contribution < -0.4 is 10.6 Å². The van der Waals surface area contributed by atoms with Crippen LogP contribution in [0.1, 0.15) is 0 Å². The lowest BCUT2D eigenvalue weighted by atomic mass is 10.1. The summed E-state index contributed by atoms with van der Waals surface area (Å²) in [6.07, 6.45) is -5.19. The number of nitrogens with one attached hydrogen (secondary N) is 2. The van der Waals surface area contributed by atoms with Crippen molar-refractivity contribution in [3.63, 3.8) is 0 Å². The van der Waals surface area contributed by atoms with Gasteiger partial charge in [-0.15, -0.1) is 0 Å². The summed E-state index contributed by atoms with van der Waals surface area (Å²) >= 11 is 0. The molecule has 0 aliphatic carbocycles. The first kappa shape index (κ1) is 17.0. The van der Waals surface area contributed by atoms with Crippen molar-refractivity contribution in [3.8, 4) is 0 Å². The number of phosphoric ester groups is 1. The van der Waals surface area contributed by atoms with Gasteiger partial charge in [-0.05, 0) is 0 Å². The first-order valence-electron chi connectivity index (χ1n) is 5.42. The Morgan fingerprint density at radius 3 is 2.55 bits per heavy atom. The highest BCUT2D eigenvalue weighted by Gasteiger charge is 2.44. The molecule has 0 aromatic rings. The molecule has 6 N–H and O–H groups in total. The number of phosphoric acid groups is 1. The number of amides is 2. The van der Waals surface area contributed by atoms with Crippen LogP contribution >= 0.6 is 7.82 Å². The third-order valence-corrected chi connectivity index (χ3v) is 2.90. The summed E-state index contributed by atoms with van der Waals surface area (Å²) in [7, 11) is -4.74. The van der Waals surface area contributed by atoms with Crippen molar-refractivity contribution in [1.29, 1.82) is 0 Å². The molecule has 2 amide bonds. The molecule has 12 heteroatoms. The molecule has 1 saturated heterocycles. The molecule has 0 saturated carbocycles. The first-order chi connectivity index (χ1) is 9.24. The van der Waals surface area contributed by atoms with Gasteiger partial charge in [0, 0.05) is 0 Å². The molecule has 0 aromatic heterocycles. The molecule has 0 unspecified atom stereocenters. The maximum absolute atomic E-state index is 11.3. The molecular formula is C8H15N2O9P. The Morgan fingerprint density at radius 1 is 1.35 bits per heavy atom. The Bertz CT molecular complexity index is 399. The van der Waals surface area contributed by atoms with Crippen molar-refractivity contribution < 1.29 is 43.4 Å². The van der Waals surface area contributed by atoms with Crippen LogP contribution in [0.3, 0.4) is 0 Å². The van der Waals surface area contributed by atoms with Crippen molar-refractivity contribution in [1.82, 2.24) is 10.6 Å². The van der Waals surface area contributed by atoms with E-state index in [0.29, 0.717) is 6.41 Å². The fourth-order valence-corrected chi connectivity index (χ4v) is 1.86. The number of aliphatic hydroxyl groups is 2. The lowest BCUT2D eigenvalue weighted by Crippen LogP contribution is -2.46. The van der Waals surface area contributed by atoms with Gasteiger partial charge in [0.05, 0.1) is 13.2 Å². The Kier molecular flexibility index (Phi) is 6.02. The fraction of sp³-hybridized carbons (Fsp3) is 0.750. The summed E-state index contributed by atoms with van der Waals surface area (Å²) < 4.78 is 19.7. The molecule has 0 spiro atoms. The van der Waals surface area contributed by atoms with Crippen LogP contribution in [0.25, 0.3) is 0 Å². The maximum atomic E-state index is 11.3. The van der Waals surface area contributed by atoms with Gasteiger partial charge in [-0.2, -0.15) is 0 Å². The van der Waals surface area contributed by atoms with E-state index in [1.165, 1.54) is 0 Å². The van der Waals surface area contributed by atoms with Gasteiger partial charge >= 0.3 is 7.82 Å². The minimum Gasteiger partial charge on any atom is -0.387 e. The molecule has 1 heterocycles. The molecule has 1 aliphatic rings. The number of carbonyl (C=O) groups excluding carboxylic acids is 2. The second kappa shape index (κ2) is 7.09. The zero-order valence-corrected chi connectivity index (χ0v) is 11.0. The molecule has 20 heavy (non-hydrogen) atoms. The quantitative estimate of drug-likeness (QED) is 0.205. The van der Waals surface area contributed by atoms with Crippen molar-refractivity contribution in [2.45, 2.75) is 24.5 Å². The van der Waals surface area contributed by atoms with Crippen LogP contribution in [0.5, 0.6) is 0 Å². The summed E-state index contributed by atoms with van der Waals surface area (Å²) in [5, 5.41) is 23.4. The van der Waals surface area contributed by atoms with Gasteiger partial charge < -0.3 is 35.4 Å². The van der Waals surface area contributed by atoms with Gasteiger partial charge in [0.25, 0.3) is 0 Å². The number of rotatable bonds is 7. The Hall–Kier alpha value is -1.07. The number of ether oxygens (including phenoxy) is 1. The van der Waals surface area contributed by atoms with E-state index >= 15 is 0 Å².